The van der Waals surface area contributed by atoms with Crippen LogP contribution in [0.2, 0.25) is 0 Å². The van der Waals surface area contributed by atoms with E-state index in [2.05, 4.69) is 12.1 Å². The first-order valence-electron chi connectivity index (χ1n) is 5.43. The molecule has 1 unspecified atom stereocenters. The lowest BCUT2D eigenvalue weighted by atomic mass is 10.0. The summed E-state index contributed by atoms with van der Waals surface area (Å²) in [6, 6.07) is 12.2. The van der Waals surface area contributed by atoms with Crippen molar-refractivity contribution in [2.75, 3.05) is 0 Å². The molecule has 0 amide bonds. The zero-order valence-electron chi connectivity index (χ0n) is 9.07. The van der Waals surface area contributed by atoms with E-state index in [4.69, 9.17) is 4.74 Å². The molecule has 0 spiro atoms. The minimum Gasteiger partial charge on any atom is -0.482 e. The Morgan fingerprint density at radius 2 is 2.06 bits per heavy atom. The molecule has 16 heavy (non-hydrogen) atoms. The van der Waals surface area contributed by atoms with Crippen molar-refractivity contribution in [3.63, 3.8) is 0 Å². The fraction of sp³-hybridized carbons (Fsp3) is 0.214. The van der Waals surface area contributed by atoms with Crippen LogP contribution in [0, 0.1) is 0 Å². The SMILES string of the molecule is CC(=O)C1Cc2c(ccc3ccccc23)O1. The van der Waals surface area contributed by atoms with Crippen LogP contribution in [0.25, 0.3) is 10.8 Å². The quantitative estimate of drug-likeness (QED) is 0.726. The Kier molecular flexibility index (Phi) is 1.96. The van der Waals surface area contributed by atoms with E-state index >= 15 is 0 Å². The van der Waals surface area contributed by atoms with E-state index in [-0.39, 0.29) is 11.9 Å². The first-order valence-corrected chi connectivity index (χ1v) is 5.43. The summed E-state index contributed by atoms with van der Waals surface area (Å²) in [5.41, 5.74) is 1.17. The fourth-order valence-corrected chi connectivity index (χ4v) is 2.24. The monoisotopic (exact) mass is 212 g/mol. The van der Waals surface area contributed by atoms with Gasteiger partial charge in [-0.15, -0.1) is 0 Å². The summed E-state index contributed by atoms with van der Waals surface area (Å²) in [5, 5.41) is 2.40. The summed E-state index contributed by atoms with van der Waals surface area (Å²) in [6.07, 6.45) is 0.409. The maximum atomic E-state index is 11.3. The normalized spacial score (nSPS) is 18.2. The number of rotatable bonds is 1. The molecule has 0 saturated heterocycles. The van der Waals surface area contributed by atoms with Crippen molar-refractivity contribution in [3.05, 3.63) is 42.0 Å². The molecule has 80 valence electrons. The molecule has 0 aromatic heterocycles. The summed E-state index contributed by atoms with van der Waals surface area (Å²) in [6.45, 7) is 1.58. The zero-order chi connectivity index (χ0) is 11.1. The van der Waals surface area contributed by atoms with Crippen LogP contribution in [-0.4, -0.2) is 11.9 Å². The van der Waals surface area contributed by atoms with Crippen LogP contribution >= 0.6 is 0 Å². The van der Waals surface area contributed by atoms with E-state index in [0.29, 0.717) is 6.42 Å². The molecule has 1 heterocycles. The number of ketones is 1. The molecule has 0 bridgehead atoms. The van der Waals surface area contributed by atoms with Crippen molar-refractivity contribution in [1.29, 1.82) is 0 Å². The first kappa shape index (κ1) is 9.40. The Morgan fingerprint density at radius 3 is 2.88 bits per heavy atom. The zero-order valence-corrected chi connectivity index (χ0v) is 9.07. The topological polar surface area (TPSA) is 26.3 Å². The van der Waals surface area contributed by atoms with E-state index in [1.807, 2.05) is 24.3 Å². The Hall–Kier alpha value is -1.83. The van der Waals surface area contributed by atoms with Crippen LogP contribution in [0.4, 0.5) is 0 Å². The number of carbonyl (C=O) groups is 1. The highest BCUT2D eigenvalue weighted by Gasteiger charge is 2.27. The standard InChI is InChI=1S/C14H12O2/c1-9(15)14-8-12-11-5-3-2-4-10(11)6-7-13(12)16-14/h2-7,14H,8H2,1H3. The number of hydrogen-bond donors (Lipinski definition) is 0. The number of carbonyl (C=O) groups excluding carboxylic acids is 1. The molecule has 2 nitrogen and oxygen atoms in total. The summed E-state index contributed by atoms with van der Waals surface area (Å²) < 4.78 is 5.63. The van der Waals surface area contributed by atoms with Gasteiger partial charge in [-0.3, -0.25) is 4.79 Å². The molecule has 0 N–H and O–H groups in total. The highest BCUT2D eigenvalue weighted by molar-refractivity contribution is 5.90. The van der Waals surface area contributed by atoms with Gasteiger partial charge in [-0.25, -0.2) is 0 Å². The van der Waals surface area contributed by atoms with Gasteiger partial charge >= 0.3 is 0 Å². The second-order valence-corrected chi connectivity index (χ2v) is 4.18. The lowest BCUT2D eigenvalue weighted by molar-refractivity contribution is -0.122. The van der Waals surface area contributed by atoms with Gasteiger partial charge in [-0.1, -0.05) is 30.3 Å². The summed E-state index contributed by atoms with van der Waals surface area (Å²) >= 11 is 0. The van der Waals surface area contributed by atoms with E-state index < -0.39 is 0 Å². The van der Waals surface area contributed by atoms with Crippen molar-refractivity contribution in [1.82, 2.24) is 0 Å². The molecule has 0 radical (unpaired) electrons. The molecule has 2 heteroatoms. The fourth-order valence-electron chi connectivity index (χ4n) is 2.24. The summed E-state index contributed by atoms with van der Waals surface area (Å²) in [5.74, 6) is 0.958. The third-order valence-electron chi connectivity index (χ3n) is 3.11. The molecular formula is C14H12O2. The Bertz CT molecular complexity index is 572. The van der Waals surface area contributed by atoms with Gasteiger partial charge in [0, 0.05) is 12.0 Å². The van der Waals surface area contributed by atoms with E-state index in [1.165, 1.54) is 16.3 Å². The average molecular weight is 212 g/mol. The number of hydrogen-bond acceptors (Lipinski definition) is 2. The number of fused-ring (bicyclic) bond motifs is 3. The van der Waals surface area contributed by atoms with Crippen LogP contribution in [0.5, 0.6) is 5.75 Å². The van der Waals surface area contributed by atoms with Crippen molar-refractivity contribution in [2.24, 2.45) is 0 Å². The van der Waals surface area contributed by atoms with E-state index in [0.717, 1.165) is 5.75 Å². The maximum Gasteiger partial charge on any atom is 0.170 e. The van der Waals surface area contributed by atoms with Crippen LogP contribution < -0.4 is 4.74 Å². The molecule has 2 aromatic carbocycles. The number of ether oxygens (including phenoxy) is 1. The summed E-state index contributed by atoms with van der Waals surface area (Å²) in [4.78, 5) is 11.3. The number of Topliss-reactive ketones (excluding diaryl/α,β-unsaturated/α-hetero) is 1. The van der Waals surface area contributed by atoms with Gasteiger partial charge in [-0.05, 0) is 23.8 Å². The molecule has 1 atom stereocenters. The molecule has 0 saturated carbocycles. The molecule has 1 aliphatic heterocycles. The molecule has 0 fully saturated rings. The van der Waals surface area contributed by atoms with Crippen molar-refractivity contribution in [3.8, 4) is 5.75 Å². The van der Waals surface area contributed by atoms with Gasteiger partial charge in [-0.2, -0.15) is 0 Å². The van der Waals surface area contributed by atoms with Gasteiger partial charge in [0.05, 0.1) is 0 Å². The Morgan fingerprint density at radius 1 is 1.25 bits per heavy atom. The van der Waals surface area contributed by atoms with Gasteiger partial charge in [0.2, 0.25) is 0 Å². The highest BCUT2D eigenvalue weighted by atomic mass is 16.5. The molecule has 2 aromatic rings. The van der Waals surface area contributed by atoms with Crippen molar-refractivity contribution < 1.29 is 9.53 Å². The Labute approximate surface area is 93.8 Å². The van der Waals surface area contributed by atoms with E-state index in [1.54, 1.807) is 6.92 Å². The first-order chi connectivity index (χ1) is 7.75. The second kappa shape index (κ2) is 3.34. The third-order valence-corrected chi connectivity index (χ3v) is 3.11. The smallest absolute Gasteiger partial charge is 0.170 e. The van der Waals surface area contributed by atoms with Crippen LogP contribution in [0.15, 0.2) is 36.4 Å². The predicted octanol–water partition coefficient (Wildman–Crippen LogP) is 2.73. The highest BCUT2D eigenvalue weighted by Crippen LogP contribution is 2.35. The minimum atomic E-state index is -0.291. The van der Waals surface area contributed by atoms with Crippen LogP contribution in [0.3, 0.4) is 0 Å². The summed E-state index contributed by atoms with van der Waals surface area (Å²) in [7, 11) is 0. The van der Waals surface area contributed by atoms with Gasteiger partial charge in [0.25, 0.3) is 0 Å². The third kappa shape index (κ3) is 1.30. The lowest BCUT2D eigenvalue weighted by Crippen LogP contribution is -2.21. The van der Waals surface area contributed by atoms with Crippen LogP contribution in [-0.2, 0) is 11.2 Å². The number of benzene rings is 2. The predicted molar refractivity (Wildman–Crippen MR) is 62.7 cm³/mol. The van der Waals surface area contributed by atoms with Gasteiger partial charge in [0.1, 0.15) is 5.75 Å². The maximum absolute atomic E-state index is 11.3. The molecule has 1 aliphatic rings. The van der Waals surface area contributed by atoms with Crippen molar-refractivity contribution in [2.45, 2.75) is 19.4 Å². The van der Waals surface area contributed by atoms with Crippen molar-refractivity contribution >= 4 is 16.6 Å². The molecule has 3 rings (SSSR count). The largest absolute Gasteiger partial charge is 0.482 e. The van der Waals surface area contributed by atoms with Crippen LogP contribution in [0.1, 0.15) is 12.5 Å². The lowest BCUT2D eigenvalue weighted by Gasteiger charge is -2.04. The average Bonchev–Trinajstić information content (AvgIpc) is 2.73. The van der Waals surface area contributed by atoms with Gasteiger partial charge < -0.3 is 4.74 Å². The Balaban J connectivity index is 2.17. The molecular weight excluding hydrogens is 200 g/mol. The second-order valence-electron chi connectivity index (χ2n) is 4.18. The van der Waals surface area contributed by atoms with Gasteiger partial charge in [0.15, 0.2) is 11.9 Å². The molecule has 0 aliphatic carbocycles. The van der Waals surface area contributed by atoms with E-state index in [9.17, 15) is 4.79 Å². The minimum absolute atomic E-state index is 0.0975.